The molecule has 0 bridgehead atoms. The number of aromatic nitrogens is 2. The highest BCUT2D eigenvalue weighted by Gasteiger charge is 2.12. The average molecular weight is 487 g/mol. The monoisotopic (exact) mass is 486 g/mol. The number of thiazole rings is 2. The van der Waals surface area contributed by atoms with Gasteiger partial charge in [0, 0.05) is 57.3 Å². The summed E-state index contributed by atoms with van der Waals surface area (Å²) in [5, 5.41) is 27.3. The van der Waals surface area contributed by atoms with Gasteiger partial charge in [0.1, 0.15) is 10.0 Å². The van der Waals surface area contributed by atoms with Crippen molar-refractivity contribution in [1.82, 2.24) is 9.97 Å². The van der Waals surface area contributed by atoms with Crippen molar-refractivity contribution in [3.8, 4) is 43.7 Å². The molecular weight excluding hydrogens is 472 g/mol. The van der Waals surface area contributed by atoms with Crippen LogP contribution in [0.4, 0.5) is 11.4 Å². The molecule has 2 heterocycles. The first-order valence-electron chi connectivity index (χ1n) is 9.99. The summed E-state index contributed by atoms with van der Waals surface area (Å²) in [5.74, 6) is 0. The lowest BCUT2D eigenvalue weighted by Gasteiger charge is -2.00. The molecule has 0 saturated heterocycles. The standard InChI is InChI=1S/C24H14N4O4S2/c29-27(30)19-9-5-15(6-10-19)21-13-33-23(25-21)17-1-2-18(4-3-17)24-26-22(14-34-24)16-7-11-20(12-8-16)28(31)32/h1-14H. The number of nitro benzene ring substituents is 2. The van der Waals surface area contributed by atoms with Gasteiger partial charge in [0.2, 0.25) is 0 Å². The summed E-state index contributed by atoms with van der Waals surface area (Å²) < 4.78 is 0. The summed E-state index contributed by atoms with van der Waals surface area (Å²) in [6, 6.07) is 20.6. The first-order chi connectivity index (χ1) is 16.5. The van der Waals surface area contributed by atoms with Crippen molar-refractivity contribution in [3.63, 3.8) is 0 Å². The minimum atomic E-state index is -0.421. The maximum atomic E-state index is 10.8. The van der Waals surface area contributed by atoms with Gasteiger partial charge in [0.05, 0.1) is 21.2 Å². The molecule has 2 aromatic heterocycles. The quantitative estimate of drug-likeness (QED) is 0.187. The molecule has 0 aliphatic carbocycles. The third-order valence-corrected chi connectivity index (χ3v) is 6.92. The topological polar surface area (TPSA) is 112 Å². The first kappa shape index (κ1) is 21.6. The zero-order valence-corrected chi connectivity index (χ0v) is 19.0. The maximum Gasteiger partial charge on any atom is 0.269 e. The summed E-state index contributed by atoms with van der Waals surface area (Å²) in [6.45, 7) is 0. The highest BCUT2D eigenvalue weighted by Crippen LogP contribution is 2.33. The van der Waals surface area contributed by atoms with Crippen molar-refractivity contribution in [2.75, 3.05) is 0 Å². The molecule has 0 aliphatic heterocycles. The van der Waals surface area contributed by atoms with Crippen LogP contribution in [0, 0.1) is 20.2 Å². The summed E-state index contributed by atoms with van der Waals surface area (Å²) in [4.78, 5) is 30.2. The van der Waals surface area contributed by atoms with E-state index in [1.54, 1.807) is 24.3 Å². The second-order valence-electron chi connectivity index (χ2n) is 7.26. The maximum absolute atomic E-state index is 10.8. The normalized spacial score (nSPS) is 10.8. The van der Waals surface area contributed by atoms with E-state index in [9.17, 15) is 20.2 Å². The number of hydrogen-bond donors (Lipinski definition) is 0. The molecule has 3 aromatic carbocycles. The molecule has 0 atom stereocenters. The molecule has 5 rings (SSSR count). The number of nitrogens with zero attached hydrogens (tertiary/aromatic N) is 4. The summed E-state index contributed by atoms with van der Waals surface area (Å²) in [7, 11) is 0. The highest BCUT2D eigenvalue weighted by atomic mass is 32.1. The Morgan fingerprint density at radius 1 is 0.529 bits per heavy atom. The van der Waals surface area contributed by atoms with E-state index >= 15 is 0 Å². The van der Waals surface area contributed by atoms with Crippen molar-refractivity contribution < 1.29 is 9.85 Å². The van der Waals surface area contributed by atoms with Crippen molar-refractivity contribution >= 4 is 34.0 Å². The fraction of sp³-hybridized carbons (Fsp3) is 0. The Balaban J connectivity index is 1.33. The van der Waals surface area contributed by atoms with Crippen LogP contribution < -0.4 is 0 Å². The zero-order valence-electron chi connectivity index (χ0n) is 17.3. The van der Waals surface area contributed by atoms with E-state index in [0.717, 1.165) is 43.7 Å². The van der Waals surface area contributed by atoms with Crippen LogP contribution in [0.25, 0.3) is 43.7 Å². The zero-order chi connectivity index (χ0) is 23.7. The molecule has 0 spiro atoms. The molecule has 0 radical (unpaired) electrons. The first-order valence-corrected chi connectivity index (χ1v) is 11.8. The largest absolute Gasteiger partial charge is 0.269 e. The van der Waals surface area contributed by atoms with E-state index in [1.165, 1.54) is 46.9 Å². The van der Waals surface area contributed by atoms with Crippen LogP contribution in [0.15, 0.2) is 83.6 Å². The van der Waals surface area contributed by atoms with Gasteiger partial charge < -0.3 is 0 Å². The number of non-ortho nitro benzene ring substituents is 2. The van der Waals surface area contributed by atoms with Crippen molar-refractivity contribution in [3.05, 3.63) is 104 Å². The van der Waals surface area contributed by atoms with Crippen LogP contribution in [0.2, 0.25) is 0 Å². The number of benzene rings is 3. The van der Waals surface area contributed by atoms with Gasteiger partial charge in [-0.25, -0.2) is 9.97 Å². The van der Waals surface area contributed by atoms with E-state index in [4.69, 9.17) is 0 Å². The molecule has 5 aromatic rings. The van der Waals surface area contributed by atoms with Crippen LogP contribution in [0.3, 0.4) is 0 Å². The minimum absolute atomic E-state index is 0.0497. The fourth-order valence-corrected chi connectivity index (χ4v) is 5.01. The summed E-state index contributed by atoms with van der Waals surface area (Å²) >= 11 is 3.02. The van der Waals surface area contributed by atoms with Crippen molar-refractivity contribution in [1.29, 1.82) is 0 Å². The molecule has 0 N–H and O–H groups in total. The van der Waals surface area contributed by atoms with Crippen LogP contribution in [0.5, 0.6) is 0 Å². The van der Waals surface area contributed by atoms with E-state index in [-0.39, 0.29) is 11.4 Å². The number of rotatable bonds is 6. The van der Waals surface area contributed by atoms with Gasteiger partial charge in [0.15, 0.2) is 0 Å². The molecule has 0 unspecified atom stereocenters. The van der Waals surface area contributed by atoms with Crippen molar-refractivity contribution in [2.24, 2.45) is 0 Å². The molecule has 34 heavy (non-hydrogen) atoms. The Labute approximate surface area is 201 Å². The average Bonchev–Trinajstić information content (AvgIpc) is 3.55. The van der Waals surface area contributed by atoms with Gasteiger partial charge >= 0.3 is 0 Å². The predicted octanol–water partition coefficient (Wildman–Crippen LogP) is 7.08. The van der Waals surface area contributed by atoms with Gasteiger partial charge in [-0.1, -0.05) is 24.3 Å². The lowest BCUT2D eigenvalue weighted by Crippen LogP contribution is -1.87. The van der Waals surface area contributed by atoms with E-state index < -0.39 is 9.85 Å². The van der Waals surface area contributed by atoms with Crippen molar-refractivity contribution in [2.45, 2.75) is 0 Å². The smallest absolute Gasteiger partial charge is 0.258 e. The summed E-state index contributed by atoms with van der Waals surface area (Å²) in [5.41, 5.74) is 5.22. The van der Waals surface area contributed by atoms with Gasteiger partial charge in [-0.15, -0.1) is 22.7 Å². The Bertz CT molecular complexity index is 1380. The van der Waals surface area contributed by atoms with Crippen LogP contribution in [-0.2, 0) is 0 Å². The number of hydrogen-bond acceptors (Lipinski definition) is 8. The molecule has 0 fully saturated rings. The Morgan fingerprint density at radius 2 is 0.853 bits per heavy atom. The molecule has 10 heteroatoms. The van der Waals surface area contributed by atoms with E-state index in [1.807, 2.05) is 35.0 Å². The van der Waals surface area contributed by atoms with Gasteiger partial charge in [0.25, 0.3) is 11.4 Å². The van der Waals surface area contributed by atoms with Crippen LogP contribution in [0.1, 0.15) is 0 Å². The van der Waals surface area contributed by atoms with Gasteiger partial charge in [-0.3, -0.25) is 20.2 Å². The fourth-order valence-electron chi connectivity index (χ4n) is 3.34. The summed E-state index contributed by atoms with van der Waals surface area (Å²) in [6.07, 6.45) is 0. The van der Waals surface area contributed by atoms with E-state index in [2.05, 4.69) is 9.97 Å². The molecule has 0 amide bonds. The van der Waals surface area contributed by atoms with Gasteiger partial charge in [-0.05, 0) is 24.3 Å². The number of nitro groups is 2. The Morgan fingerprint density at radius 3 is 1.18 bits per heavy atom. The SMILES string of the molecule is O=[N+]([O-])c1ccc(-c2csc(-c3ccc(-c4nc(-c5ccc([N+](=O)[O-])cc5)cs4)cc3)n2)cc1. The third-order valence-electron chi connectivity index (χ3n) is 5.13. The Kier molecular flexibility index (Phi) is 5.66. The Hall–Kier alpha value is -4.28. The van der Waals surface area contributed by atoms with Gasteiger partial charge in [-0.2, -0.15) is 0 Å². The molecule has 0 saturated carbocycles. The van der Waals surface area contributed by atoms with E-state index in [0.29, 0.717) is 0 Å². The molecule has 0 aliphatic rings. The molecule has 166 valence electrons. The lowest BCUT2D eigenvalue weighted by molar-refractivity contribution is -0.385. The highest BCUT2D eigenvalue weighted by molar-refractivity contribution is 7.13. The molecule has 8 nitrogen and oxygen atoms in total. The minimum Gasteiger partial charge on any atom is -0.258 e. The van der Waals surface area contributed by atoms with Crippen LogP contribution >= 0.6 is 22.7 Å². The lowest BCUT2D eigenvalue weighted by atomic mass is 10.1. The second-order valence-corrected chi connectivity index (χ2v) is 8.98. The predicted molar refractivity (Wildman–Crippen MR) is 133 cm³/mol. The molecular formula is C24H14N4O4S2. The second kappa shape index (κ2) is 8.93. The third kappa shape index (κ3) is 4.32. The van der Waals surface area contributed by atoms with Crippen LogP contribution in [-0.4, -0.2) is 19.8 Å².